The highest BCUT2D eigenvalue weighted by Gasteiger charge is 2.09. The molecule has 0 aliphatic carbocycles. The number of thiocarbonyl (C=S) groups is 1. The summed E-state index contributed by atoms with van der Waals surface area (Å²) in [6, 6.07) is 6.25. The Bertz CT molecular complexity index is 413. The minimum atomic E-state index is 0.437. The summed E-state index contributed by atoms with van der Waals surface area (Å²) in [5.41, 5.74) is 7.84. The summed E-state index contributed by atoms with van der Waals surface area (Å²) in [5, 5.41) is 0. The van der Waals surface area contributed by atoms with Crippen LogP contribution in [0.3, 0.4) is 0 Å². The number of nitrogens with two attached hydrogens (primary N) is 1. The molecule has 4 heteroatoms. The van der Waals surface area contributed by atoms with E-state index in [1.165, 1.54) is 31.4 Å². The van der Waals surface area contributed by atoms with Gasteiger partial charge < -0.3 is 10.6 Å². The first-order valence-corrected chi connectivity index (χ1v) is 8.14. The lowest BCUT2D eigenvalue weighted by atomic mass is 10.1. The van der Waals surface area contributed by atoms with Crippen LogP contribution in [0.25, 0.3) is 0 Å². The summed E-state index contributed by atoms with van der Waals surface area (Å²) in [5.74, 6) is 0. The van der Waals surface area contributed by atoms with Crippen LogP contribution in [0.1, 0.15) is 45.1 Å². The highest BCUT2D eigenvalue weighted by atomic mass is 79.9. The smallest absolute Gasteiger partial charge is 0.105 e. The molecule has 2 nitrogen and oxygen atoms in total. The third kappa shape index (κ3) is 5.11. The molecule has 0 unspecified atom stereocenters. The third-order valence-electron chi connectivity index (χ3n) is 3.15. The molecule has 1 rings (SSSR count). The van der Waals surface area contributed by atoms with Crippen LogP contribution >= 0.6 is 28.1 Å². The van der Waals surface area contributed by atoms with Crippen molar-refractivity contribution in [2.45, 2.75) is 39.5 Å². The third-order valence-corrected chi connectivity index (χ3v) is 4.02. The zero-order chi connectivity index (χ0) is 14.3. The van der Waals surface area contributed by atoms with Crippen LogP contribution in [0, 0.1) is 0 Å². The number of rotatable bonds is 8. The molecule has 0 amide bonds. The Morgan fingerprint density at radius 1 is 1.21 bits per heavy atom. The van der Waals surface area contributed by atoms with Crippen LogP contribution in [0.2, 0.25) is 0 Å². The largest absolute Gasteiger partial charge is 0.389 e. The number of hydrogen-bond acceptors (Lipinski definition) is 2. The maximum absolute atomic E-state index is 5.69. The monoisotopic (exact) mass is 342 g/mol. The molecule has 0 spiro atoms. The van der Waals surface area contributed by atoms with E-state index in [1.807, 2.05) is 6.07 Å². The molecule has 0 bridgehead atoms. The van der Waals surface area contributed by atoms with E-state index in [9.17, 15) is 0 Å². The second kappa shape index (κ2) is 8.54. The van der Waals surface area contributed by atoms with Gasteiger partial charge in [0.25, 0.3) is 0 Å². The summed E-state index contributed by atoms with van der Waals surface area (Å²) < 4.78 is 0.982. The molecule has 19 heavy (non-hydrogen) atoms. The Kier molecular flexibility index (Phi) is 7.39. The number of benzene rings is 1. The average molecular weight is 343 g/mol. The molecule has 0 aromatic heterocycles. The SMILES string of the molecule is CCCCN(CCCC)c1ccc(C(N)=S)c(Br)c1. The lowest BCUT2D eigenvalue weighted by molar-refractivity contribution is 0.678. The van der Waals surface area contributed by atoms with Crippen LogP contribution < -0.4 is 10.6 Å². The minimum absolute atomic E-state index is 0.437. The van der Waals surface area contributed by atoms with Gasteiger partial charge in [-0.2, -0.15) is 0 Å². The van der Waals surface area contributed by atoms with Crippen molar-refractivity contribution in [1.82, 2.24) is 0 Å². The molecule has 2 N–H and O–H groups in total. The van der Waals surface area contributed by atoms with Gasteiger partial charge >= 0.3 is 0 Å². The quantitative estimate of drug-likeness (QED) is 0.705. The van der Waals surface area contributed by atoms with Crippen LogP contribution in [-0.4, -0.2) is 18.1 Å². The Balaban J connectivity index is 2.88. The number of halogens is 1. The number of unbranched alkanes of at least 4 members (excludes halogenated alkanes) is 2. The van der Waals surface area contributed by atoms with Gasteiger partial charge in [0.1, 0.15) is 4.99 Å². The molecule has 0 heterocycles. The first kappa shape index (κ1) is 16.4. The molecule has 0 saturated carbocycles. The standard InChI is InChI=1S/C15H23BrN2S/c1-3-5-9-18(10-6-4-2)12-7-8-13(15(17)19)14(16)11-12/h7-8,11H,3-6,9-10H2,1-2H3,(H2,17,19). The Labute approximate surface area is 130 Å². The highest BCUT2D eigenvalue weighted by Crippen LogP contribution is 2.25. The fourth-order valence-electron chi connectivity index (χ4n) is 1.97. The Morgan fingerprint density at radius 2 is 1.79 bits per heavy atom. The van der Waals surface area contributed by atoms with E-state index >= 15 is 0 Å². The van der Waals surface area contributed by atoms with Gasteiger partial charge in [0.05, 0.1) is 0 Å². The van der Waals surface area contributed by atoms with Gasteiger partial charge in [-0.05, 0) is 47.0 Å². The lowest BCUT2D eigenvalue weighted by Gasteiger charge is -2.25. The van der Waals surface area contributed by atoms with E-state index < -0.39 is 0 Å². The van der Waals surface area contributed by atoms with E-state index in [1.54, 1.807) is 0 Å². The van der Waals surface area contributed by atoms with E-state index in [0.717, 1.165) is 23.1 Å². The first-order valence-electron chi connectivity index (χ1n) is 6.94. The Hall–Kier alpha value is -0.610. The van der Waals surface area contributed by atoms with Crippen molar-refractivity contribution in [3.63, 3.8) is 0 Å². The molecule has 1 aromatic carbocycles. The van der Waals surface area contributed by atoms with Gasteiger partial charge in [0.2, 0.25) is 0 Å². The van der Waals surface area contributed by atoms with Crippen molar-refractivity contribution < 1.29 is 0 Å². The highest BCUT2D eigenvalue weighted by molar-refractivity contribution is 9.10. The summed E-state index contributed by atoms with van der Waals surface area (Å²) in [7, 11) is 0. The predicted molar refractivity (Wildman–Crippen MR) is 92.1 cm³/mol. The van der Waals surface area contributed by atoms with Crippen molar-refractivity contribution in [2.24, 2.45) is 5.73 Å². The average Bonchev–Trinajstić information content (AvgIpc) is 2.38. The molecular weight excluding hydrogens is 320 g/mol. The van der Waals surface area contributed by atoms with Crippen molar-refractivity contribution in [3.8, 4) is 0 Å². The minimum Gasteiger partial charge on any atom is -0.389 e. The molecule has 0 aliphatic rings. The maximum atomic E-state index is 5.69. The van der Waals surface area contributed by atoms with Gasteiger partial charge in [-0.3, -0.25) is 0 Å². The zero-order valence-corrected chi connectivity index (χ0v) is 14.2. The second-order valence-corrected chi connectivity index (χ2v) is 6.02. The number of anilines is 1. The molecule has 1 aromatic rings. The summed E-state index contributed by atoms with van der Waals surface area (Å²) >= 11 is 8.59. The summed E-state index contributed by atoms with van der Waals surface area (Å²) in [4.78, 5) is 2.88. The fraction of sp³-hybridized carbons (Fsp3) is 0.533. The van der Waals surface area contributed by atoms with Crippen LogP contribution in [0.5, 0.6) is 0 Å². The molecule has 0 atom stereocenters. The van der Waals surface area contributed by atoms with Crippen LogP contribution in [-0.2, 0) is 0 Å². The summed E-state index contributed by atoms with van der Waals surface area (Å²) in [6.45, 7) is 6.67. The summed E-state index contributed by atoms with van der Waals surface area (Å²) in [6.07, 6.45) is 4.88. The molecule has 0 aliphatic heterocycles. The number of hydrogen-bond donors (Lipinski definition) is 1. The zero-order valence-electron chi connectivity index (χ0n) is 11.8. The van der Waals surface area contributed by atoms with Gasteiger partial charge in [0, 0.05) is 28.8 Å². The molecule has 106 valence electrons. The van der Waals surface area contributed by atoms with Crippen molar-refractivity contribution in [2.75, 3.05) is 18.0 Å². The van der Waals surface area contributed by atoms with Gasteiger partial charge in [-0.25, -0.2) is 0 Å². The van der Waals surface area contributed by atoms with Crippen molar-refractivity contribution in [1.29, 1.82) is 0 Å². The second-order valence-electron chi connectivity index (χ2n) is 4.72. The molecule has 0 fully saturated rings. The van der Waals surface area contributed by atoms with Crippen molar-refractivity contribution in [3.05, 3.63) is 28.2 Å². The van der Waals surface area contributed by atoms with E-state index in [4.69, 9.17) is 18.0 Å². The molecule has 0 radical (unpaired) electrons. The molecular formula is C15H23BrN2S. The topological polar surface area (TPSA) is 29.3 Å². The fourth-order valence-corrected chi connectivity index (χ4v) is 2.86. The first-order chi connectivity index (χ1) is 9.10. The molecule has 0 saturated heterocycles. The van der Waals surface area contributed by atoms with Gasteiger partial charge in [-0.1, -0.05) is 38.9 Å². The van der Waals surface area contributed by atoms with Gasteiger partial charge in [-0.15, -0.1) is 0 Å². The van der Waals surface area contributed by atoms with Crippen molar-refractivity contribution >= 4 is 38.8 Å². The van der Waals surface area contributed by atoms with E-state index in [2.05, 4.69) is 46.8 Å². The Morgan fingerprint density at radius 3 is 2.21 bits per heavy atom. The predicted octanol–water partition coefficient (Wildman–Crippen LogP) is 4.49. The maximum Gasteiger partial charge on any atom is 0.105 e. The van der Waals surface area contributed by atoms with Crippen LogP contribution in [0.4, 0.5) is 5.69 Å². The number of nitrogens with zero attached hydrogens (tertiary/aromatic N) is 1. The normalized spacial score (nSPS) is 10.5. The van der Waals surface area contributed by atoms with Gasteiger partial charge in [0.15, 0.2) is 0 Å². The van der Waals surface area contributed by atoms with Crippen LogP contribution in [0.15, 0.2) is 22.7 Å². The van der Waals surface area contributed by atoms with E-state index in [0.29, 0.717) is 4.99 Å². The lowest BCUT2D eigenvalue weighted by Crippen LogP contribution is -2.25. The van der Waals surface area contributed by atoms with E-state index in [-0.39, 0.29) is 0 Å².